The van der Waals surface area contributed by atoms with E-state index in [1.54, 1.807) is 17.0 Å². The second kappa shape index (κ2) is 7.47. The van der Waals surface area contributed by atoms with Gasteiger partial charge in [-0.15, -0.1) is 0 Å². The summed E-state index contributed by atoms with van der Waals surface area (Å²) in [5, 5.41) is 0. The van der Waals surface area contributed by atoms with Crippen molar-refractivity contribution in [3.63, 3.8) is 0 Å². The molecule has 25 heavy (non-hydrogen) atoms. The van der Waals surface area contributed by atoms with Crippen molar-refractivity contribution >= 4 is 23.2 Å². The van der Waals surface area contributed by atoms with Crippen LogP contribution in [-0.4, -0.2) is 24.9 Å². The van der Waals surface area contributed by atoms with Crippen LogP contribution in [-0.2, 0) is 16.0 Å². The van der Waals surface area contributed by atoms with Crippen LogP contribution < -0.4 is 9.80 Å². The van der Waals surface area contributed by atoms with Crippen LogP contribution in [0.2, 0.25) is 0 Å². The Hall–Kier alpha value is -2.69. The molecule has 0 aliphatic carbocycles. The van der Waals surface area contributed by atoms with Crippen LogP contribution in [0.1, 0.15) is 25.3 Å². The van der Waals surface area contributed by atoms with Crippen molar-refractivity contribution in [3.8, 4) is 0 Å². The number of aryl methyl sites for hydroxylation is 1. The van der Waals surface area contributed by atoms with Gasteiger partial charge in [0.25, 0.3) is 0 Å². The largest absolute Gasteiger partial charge is 0.312 e. The SMILES string of the molecule is CC(=O)N(CCC(=O)N1CCCc2ccccc21)c1cccc(F)c1. The minimum absolute atomic E-state index is 0.0187. The highest BCUT2D eigenvalue weighted by Gasteiger charge is 2.23. The van der Waals surface area contributed by atoms with Gasteiger partial charge in [-0.05, 0) is 42.7 Å². The number of nitrogens with zero attached hydrogens (tertiary/aromatic N) is 2. The van der Waals surface area contributed by atoms with Crippen molar-refractivity contribution < 1.29 is 14.0 Å². The molecule has 5 heteroatoms. The maximum Gasteiger partial charge on any atom is 0.228 e. The van der Waals surface area contributed by atoms with E-state index in [0.29, 0.717) is 12.2 Å². The molecule has 0 atom stereocenters. The number of halogens is 1. The van der Waals surface area contributed by atoms with Crippen molar-refractivity contribution in [1.82, 2.24) is 0 Å². The van der Waals surface area contributed by atoms with Gasteiger partial charge in [0.1, 0.15) is 5.82 Å². The average Bonchev–Trinajstić information content (AvgIpc) is 2.61. The van der Waals surface area contributed by atoms with Gasteiger partial charge in [0, 0.05) is 37.8 Å². The van der Waals surface area contributed by atoms with E-state index in [1.807, 2.05) is 24.3 Å². The van der Waals surface area contributed by atoms with Crippen LogP contribution >= 0.6 is 0 Å². The number of amides is 2. The van der Waals surface area contributed by atoms with Crippen LogP contribution in [0.5, 0.6) is 0 Å². The molecular formula is C20H21FN2O2. The van der Waals surface area contributed by atoms with E-state index in [2.05, 4.69) is 0 Å². The lowest BCUT2D eigenvalue weighted by Gasteiger charge is -2.30. The number of hydrogen-bond acceptors (Lipinski definition) is 2. The highest BCUT2D eigenvalue weighted by atomic mass is 19.1. The molecule has 0 saturated carbocycles. The fourth-order valence-electron chi connectivity index (χ4n) is 3.25. The van der Waals surface area contributed by atoms with Gasteiger partial charge in [-0.3, -0.25) is 9.59 Å². The minimum Gasteiger partial charge on any atom is -0.312 e. The van der Waals surface area contributed by atoms with Gasteiger partial charge in [-0.25, -0.2) is 4.39 Å². The number of benzene rings is 2. The second-order valence-corrected chi connectivity index (χ2v) is 6.18. The number of carbonyl (C=O) groups excluding carboxylic acids is 2. The predicted molar refractivity (Wildman–Crippen MR) is 96.2 cm³/mol. The third-order valence-electron chi connectivity index (χ3n) is 4.46. The number of para-hydroxylation sites is 1. The molecule has 1 aliphatic rings. The number of fused-ring (bicyclic) bond motifs is 1. The molecular weight excluding hydrogens is 319 g/mol. The van der Waals surface area contributed by atoms with Gasteiger partial charge in [-0.2, -0.15) is 0 Å². The molecule has 0 saturated heterocycles. The van der Waals surface area contributed by atoms with Gasteiger partial charge >= 0.3 is 0 Å². The van der Waals surface area contributed by atoms with Gasteiger partial charge < -0.3 is 9.80 Å². The number of anilines is 2. The van der Waals surface area contributed by atoms with Gasteiger partial charge in [0.2, 0.25) is 11.8 Å². The zero-order valence-electron chi connectivity index (χ0n) is 14.2. The molecule has 0 radical (unpaired) electrons. The molecule has 1 aliphatic heterocycles. The van der Waals surface area contributed by atoms with E-state index in [4.69, 9.17) is 0 Å². The summed E-state index contributed by atoms with van der Waals surface area (Å²) in [6, 6.07) is 13.8. The summed E-state index contributed by atoms with van der Waals surface area (Å²) in [5.74, 6) is -0.632. The van der Waals surface area contributed by atoms with E-state index in [1.165, 1.54) is 29.5 Å². The van der Waals surface area contributed by atoms with Crippen molar-refractivity contribution in [2.45, 2.75) is 26.2 Å². The third-order valence-corrected chi connectivity index (χ3v) is 4.46. The Kier molecular flexibility index (Phi) is 5.12. The lowest BCUT2D eigenvalue weighted by Crippen LogP contribution is -2.38. The van der Waals surface area contributed by atoms with Crippen LogP contribution in [0.25, 0.3) is 0 Å². The molecule has 130 valence electrons. The molecule has 4 nitrogen and oxygen atoms in total. The maximum atomic E-state index is 13.4. The first-order valence-electron chi connectivity index (χ1n) is 8.48. The first kappa shape index (κ1) is 17.1. The lowest BCUT2D eigenvalue weighted by molar-refractivity contribution is -0.118. The van der Waals surface area contributed by atoms with Crippen LogP contribution in [0.15, 0.2) is 48.5 Å². The molecule has 3 rings (SSSR count). The molecule has 0 bridgehead atoms. The Balaban J connectivity index is 1.72. The summed E-state index contributed by atoms with van der Waals surface area (Å²) >= 11 is 0. The summed E-state index contributed by atoms with van der Waals surface area (Å²) in [6.07, 6.45) is 2.11. The molecule has 0 spiro atoms. The Bertz CT molecular complexity index is 791. The van der Waals surface area contributed by atoms with Gasteiger partial charge in [0.15, 0.2) is 0 Å². The normalized spacial score (nSPS) is 13.3. The second-order valence-electron chi connectivity index (χ2n) is 6.18. The molecule has 0 unspecified atom stereocenters. The Labute approximate surface area is 146 Å². The Morgan fingerprint density at radius 2 is 1.96 bits per heavy atom. The fraction of sp³-hybridized carbons (Fsp3) is 0.300. The van der Waals surface area contributed by atoms with Crippen LogP contribution in [0.4, 0.5) is 15.8 Å². The summed E-state index contributed by atoms with van der Waals surface area (Å²) in [4.78, 5) is 27.9. The van der Waals surface area contributed by atoms with E-state index >= 15 is 0 Å². The molecule has 2 amide bonds. The van der Waals surface area contributed by atoms with Gasteiger partial charge in [-0.1, -0.05) is 24.3 Å². The van der Waals surface area contributed by atoms with E-state index in [9.17, 15) is 14.0 Å². The third kappa shape index (κ3) is 3.87. The number of rotatable bonds is 4. The minimum atomic E-state index is -0.403. The average molecular weight is 340 g/mol. The zero-order valence-corrected chi connectivity index (χ0v) is 14.2. The molecule has 2 aromatic carbocycles. The van der Waals surface area contributed by atoms with E-state index < -0.39 is 5.82 Å². The van der Waals surface area contributed by atoms with E-state index in [-0.39, 0.29) is 24.8 Å². The van der Waals surface area contributed by atoms with Gasteiger partial charge in [0.05, 0.1) is 0 Å². The van der Waals surface area contributed by atoms with Crippen molar-refractivity contribution in [2.75, 3.05) is 22.9 Å². The number of carbonyl (C=O) groups is 2. The highest BCUT2D eigenvalue weighted by molar-refractivity contribution is 5.96. The Morgan fingerprint density at radius 3 is 2.72 bits per heavy atom. The topological polar surface area (TPSA) is 40.6 Å². The molecule has 1 heterocycles. The standard InChI is InChI=1S/C20H21FN2O2/c1-15(24)22(18-9-4-8-17(21)14-18)13-11-20(25)23-12-5-7-16-6-2-3-10-19(16)23/h2-4,6,8-10,14H,5,7,11-13H2,1H3. The number of hydrogen-bond donors (Lipinski definition) is 0. The summed E-state index contributed by atoms with van der Waals surface area (Å²) in [6.45, 7) is 2.34. The maximum absolute atomic E-state index is 13.4. The van der Waals surface area contributed by atoms with Crippen molar-refractivity contribution in [2.24, 2.45) is 0 Å². The van der Waals surface area contributed by atoms with Crippen molar-refractivity contribution in [1.29, 1.82) is 0 Å². The van der Waals surface area contributed by atoms with Crippen LogP contribution in [0, 0.1) is 5.82 Å². The predicted octanol–water partition coefficient (Wildman–Crippen LogP) is 3.55. The summed E-state index contributed by atoms with van der Waals surface area (Å²) in [5.41, 5.74) is 2.61. The van der Waals surface area contributed by atoms with Crippen molar-refractivity contribution in [3.05, 3.63) is 59.9 Å². The zero-order chi connectivity index (χ0) is 17.8. The lowest BCUT2D eigenvalue weighted by atomic mass is 10.0. The first-order valence-corrected chi connectivity index (χ1v) is 8.48. The smallest absolute Gasteiger partial charge is 0.228 e. The highest BCUT2D eigenvalue weighted by Crippen LogP contribution is 2.27. The fourth-order valence-corrected chi connectivity index (χ4v) is 3.25. The first-order chi connectivity index (χ1) is 12.1. The molecule has 2 aromatic rings. The summed E-state index contributed by atoms with van der Waals surface area (Å²) in [7, 11) is 0. The Morgan fingerprint density at radius 1 is 1.16 bits per heavy atom. The molecule has 0 fully saturated rings. The molecule has 0 N–H and O–H groups in total. The van der Waals surface area contributed by atoms with E-state index in [0.717, 1.165) is 18.5 Å². The quantitative estimate of drug-likeness (QED) is 0.854. The molecule has 0 aromatic heterocycles. The monoisotopic (exact) mass is 340 g/mol. The van der Waals surface area contributed by atoms with Crippen LogP contribution in [0.3, 0.4) is 0 Å². The summed E-state index contributed by atoms with van der Waals surface area (Å²) < 4.78 is 13.4.